The third-order valence-corrected chi connectivity index (χ3v) is 4.86. The maximum absolute atomic E-state index is 12.5. The Morgan fingerprint density at radius 2 is 1.64 bits per heavy atom. The van der Waals surface area contributed by atoms with Gasteiger partial charge in [0.2, 0.25) is 5.91 Å². The summed E-state index contributed by atoms with van der Waals surface area (Å²) < 4.78 is 0. The monoisotopic (exact) mass is 359 g/mol. The second-order valence-electron chi connectivity index (χ2n) is 6.46. The predicted molar refractivity (Wildman–Crippen MR) is 97.9 cm³/mol. The van der Waals surface area contributed by atoms with E-state index in [-0.39, 0.29) is 11.8 Å². The topological polar surface area (TPSA) is 56.4 Å². The van der Waals surface area contributed by atoms with E-state index in [0.717, 1.165) is 17.0 Å². The average molecular weight is 360 g/mol. The summed E-state index contributed by atoms with van der Waals surface area (Å²) in [5.74, 6) is 0.0987. The first-order valence-corrected chi connectivity index (χ1v) is 8.79. The van der Waals surface area contributed by atoms with E-state index in [4.69, 9.17) is 11.6 Å². The first kappa shape index (κ1) is 17.5. The van der Waals surface area contributed by atoms with Gasteiger partial charge in [0.05, 0.1) is 6.42 Å². The van der Waals surface area contributed by atoms with Gasteiger partial charge in [-0.25, -0.2) is 0 Å². The highest BCUT2D eigenvalue weighted by atomic mass is 35.5. The summed E-state index contributed by atoms with van der Waals surface area (Å²) in [5.41, 5.74) is 3.78. The van der Waals surface area contributed by atoms with E-state index in [9.17, 15) is 9.59 Å². The zero-order valence-electron chi connectivity index (χ0n) is 14.5. The number of aryl methyl sites for hydroxylation is 2. The van der Waals surface area contributed by atoms with Gasteiger partial charge in [-0.05, 0) is 49.7 Å². The van der Waals surface area contributed by atoms with Crippen molar-refractivity contribution in [1.82, 2.24) is 14.8 Å². The molecule has 0 aliphatic carbocycles. The van der Waals surface area contributed by atoms with Crippen LogP contribution in [0.25, 0.3) is 0 Å². The van der Waals surface area contributed by atoms with Crippen LogP contribution >= 0.6 is 11.6 Å². The third kappa shape index (κ3) is 4.04. The number of carbonyl (C=O) groups is 2. The molecule has 1 N–H and O–H groups in total. The van der Waals surface area contributed by atoms with Crippen LogP contribution < -0.4 is 0 Å². The molecule has 5 nitrogen and oxygen atoms in total. The van der Waals surface area contributed by atoms with E-state index in [0.29, 0.717) is 43.2 Å². The van der Waals surface area contributed by atoms with Crippen molar-refractivity contribution in [3.05, 3.63) is 57.9 Å². The fraction of sp³-hybridized carbons (Fsp3) is 0.368. The Bertz CT molecular complexity index is 774. The number of hydrogen-bond acceptors (Lipinski definition) is 2. The molecule has 0 atom stereocenters. The molecule has 25 heavy (non-hydrogen) atoms. The summed E-state index contributed by atoms with van der Waals surface area (Å²) in [5, 5.41) is 0.613. The van der Waals surface area contributed by atoms with Crippen LogP contribution in [0.2, 0.25) is 5.02 Å². The van der Waals surface area contributed by atoms with E-state index in [1.165, 1.54) is 0 Å². The molecule has 1 saturated heterocycles. The van der Waals surface area contributed by atoms with Crippen LogP contribution in [-0.2, 0) is 11.2 Å². The molecule has 1 aromatic carbocycles. The second-order valence-corrected chi connectivity index (χ2v) is 6.90. The van der Waals surface area contributed by atoms with Crippen LogP contribution in [0.1, 0.15) is 27.3 Å². The van der Waals surface area contributed by atoms with Gasteiger partial charge in [0.15, 0.2) is 0 Å². The van der Waals surface area contributed by atoms with Crippen LogP contribution in [0.15, 0.2) is 30.3 Å². The van der Waals surface area contributed by atoms with Crippen molar-refractivity contribution >= 4 is 23.4 Å². The molecular weight excluding hydrogens is 338 g/mol. The fourth-order valence-corrected chi connectivity index (χ4v) is 3.30. The van der Waals surface area contributed by atoms with Crippen molar-refractivity contribution in [2.24, 2.45) is 0 Å². The number of halogens is 1. The molecule has 3 rings (SSSR count). The number of nitrogens with one attached hydrogen (secondary N) is 1. The van der Waals surface area contributed by atoms with Gasteiger partial charge in [-0.15, -0.1) is 0 Å². The Morgan fingerprint density at radius 1 is 1.04 bits per heavy atom. The normalized spacial score (nSPS) is 14.7. The first-order valence-electron chi connectivity index (χ1n) is 8.42. The molecule has 2 heterocycles. The minimum atomic E-state index is -0.0131. The summed E-state index contributed by atoms with van der Waals surface area (Å²) >= 11 is 5.86. The summed E-state index contributed by atoms with van der Waals surface area (Å²) in [6.45, 7) is 6.22. The third-order valence-electron chi connectivity index (χ3n) is 4.61. The van der Waals surface area contributed by atoms with Gasteiger partial charge in [0.25, 0.3) is 5.91 Å². The van der Waals surface area contributed by atoms with Crippen molar-refractivity contribution in [3.63, 3.8) is 0 Å². The predicted octanol–water partition coefficient (Wildman–Crippen LogP) is 2.81. The Labute approximate surface area is 152 Å². The van der Waals surface area contributed by atoms with Crippen molar-refractivity contribution in [2.45, 2.75) is 20.3 Å². The zero-order chi connectivity index (χ0) is 18.0. The molecule has 2 amide bonds. The standard InChI is InChI=1S/C19H22ClN3O2/c1-13-11-16(14(2)21-13)12-18(24)22-7-9-23(10-8-22)19(25)15-3-5-17(20)6-4-15/h3-6,11,21H,7-10,12H2,1-2H3. The number of hydrogen-bond donors (Lipinski definition) is 1. The molecule has 0 bridgehead atoms. The van der Waals surface area contributed by atoms with Crippen LogP contribution in [0.3, 0.4) is 0 Å². The van der Waals surface area contributed by atoms with Gasteiger partial charge in [-0.1, -0.05) is 11.6 Å². The second kappa shape index (κ2) is 7.31. The summed E-state index contributed by atoms with van der Waals surface area (Å²) in [6.07, 6.45) is 0.404. The van der Waals surface area contributed by atoms with E-state index in [1.807, 2.05) is 24.8 Å². The number of aromatic amines is 1. The molecule has 6 heteroatoms. The SMILES string of the molecule is Cc1cc(CC(=O)N2CCN(C(=O)c3ccc(Cl)cc3)CC2)c(C)[nH]1. The molecule has 1 aliphatic rings. The number of benzene rings is 1. The average Bonchev–Trinajstić information content (AvgIpc) is 2.92. The molecule has 0 saturated carbocycles. The minimum Gasteiger partial charge on any atom is -0.362 e. The molecule has 0 unspecified atom stereocenters. The molecule has 0 spiro atoms. The van der Waals surface area contributed by atoms with Crippen LogP contribution in [-0.4, -0.2) is 52.8 Å². The largest absolute Gasteiger partial charge is 0.362 e. The number of nitrogens with zero attached hydrogens (tertiary/aromatic N) is 2. The van der Waals surface area contributed by atoms with Gasteiger partial charge in [0, 0.05) is 48.2 Å². The molecule has 0 radical (unpaired) electrons. The highest BCUT2D eigenvalue weighted by Gasteiger charge is 2.25. The first-order chi connectivity index (χ1) is 11.9. The zero-order valence-corrected chi connectivity index (χ0v) is 15.3. The number of H-pyrrole nitrogens is 1. The highest BCUT2D eigenvalue weighted by molar-refractivity contribution is 6.30. The Balaban J connectivity index is 1.56. The van der Waals surface area contributed by atoms with Crippen molar-refractivity contribution in [1.29, 1.82) is 0 Å². The van der Waals surface area contributed by atoms with Gasteiger partial charge in [-0.3, -0.25) is 9.59 Å². The van der Waals surface area contributed by atoms with Crippen LogP contribution in [0.5, 0.6) is 0 Å². The van der Waals surface area contributed by atoms with E-state index < -0.39 is 0 Å². The van der Waals surface area contributed by atoms with E-state index >= 15 is 0 Å². The van der Waals surface area contributed by atoms with Crippen molar-refractivity contribution in [2.75, 3.05) is 26.2 Å². The fourth-order valence-electron chi connectivity index (χ4n) is 3.17. The lowest BCUT2D eigenvalue weighted by atomic mass is 10.1. The maximum Gasteiger partial charge on any atom is 0.253 e. The van der Waals surface area contributed by atoms with Crippen molar-refractivity contribution in [3.8, 4) is 0 Å². The number of piperazine rings is 1. The molecular formula is C19H22ClN3O2. The molecule has 1 aliphatic heterocycles. The lowest BCUT2D eigenvalue weighted by Crippen LogP contribution is -2.51. The summed E-state index contributed by atoms with van der Waals surface area (Å²) in [7, 11) is 0. The van der Waals surface area contributed by atoms with Crippen molar-refractivity contribution < 1.29 is 9.59 Å². The molecule has 1 fully saturated rings. The Morgan fingerprint density at radius 3 is 2.20 bits per heavy atom. The Hall–Kier alpha value is -2.27. The van der Waals surface area contributed by atoms with Crippen LogP contribution in [0.4, 0.5) is 0 Å². The van der Waals surface area contributed by atoms with E-state index in [1.54, 1.807) is 29.2 Å². The van der Waals surface area contributed by atoms with Gasteiger partial charge in [0.1, 0.15) is 0 Å². The number of amides is 2. The lowest BCUT2D eigenvalue weighted by molar-refractivity contribution is -0.131. The Kier molecular flexibility index (Phi) is 5.13. The molecule has 2 aromatic rings. The number of carbonyl (C=O) groups excluding carboxylic acids is 2. The van der Waals surface area contributed by atoms with E-state index in [2.05, 4.69) is 4.98 Å². The quantitative estimate of drug-likeness (QED) is 0.916. The lowest BCUT2D eigenvalue weighted by Gasteiger charge is -2.35. The van der Waals surface area contributed by atoms with Crippen LogP contribution in [0, 0.1) is 13.8 Å². The summed E-state index contributed by atoms with van der Waals surface area (Å²) in [6, 6.07) is 8.93. The molecule has 1 aromatic heterocycles. The number of aromatic nitrogens is 1. The van der Waals surface area contributed by atoms with Gasteiger partial charge < -0.3 is 14.8 Å². The number of rotatable bonds is 3. The smallest absolute Gasteiger partial charge is 0.253 e. The summed E-state index contributed by atoms with van der Waals surface area (Å²) in [4.78, 5) is 31.9. The maximum atomic E-state index is 12.5. The minimum absolute atomic E-state index is 0.0131. The van der Waals surface area contributed by atoms with Gasteiger partial charge >= 0.3 is 0 Å². The molecule has 132 valence electrons. The highest BCUT2D eigenvalue weighted by Crippen LogP contribution is 2.15. The van der Waals surface area contributed by atoms with Gasteiger partial charge in [-0.2, -0.15) is 0 Å².